The van der Waals surface area contributed by atoms with Gasteiger partial charge in [-0.3, -0.25) is 9.59 Å². The van der Waals surface area contributed by atoms with E-state index < -0.39 is 11.7 Å². The summed E-state index contributed by atoms with van der Waals surface area (Å²) in [6.07, 6.45) is 0. The third-order valence-corrected chi connectivity index (χ3v) is 2.75. The number of halogens is 1. The molecule has 19 heavy (non-hydrogen) atoms. The first-order chi connectivity index (χ1) is 8.99. The van der Waals surface area contributed by atoms with Gasteiger partial charge in [-0.25, -0.2) is 4.39 Å². The minimum atomic E-state index is -0.439. The molecule has 0 aliphatic heterocycles. The predicted octanol–water partition coefficient (Wildman–Crippen LogP) is 1.12. The van der Waals surface area contributed by atoms with Crippen LogP contribution in [0.15, 0.2) is 24.3 Å². The maximum absolute atomic E-state index is 13.5. The Morgan fingerprint density at radius 1 is 1.37 bits per heavy atom. The average Bonchev–Trinajstić information content (AvgIpc) is 2.80. The molecule has 2 amide bonds. The molecule has 2 N–H and O–H groups in total. The molecule has 0 saturated heterocycles. The lowest BCUT2D eigenvalue weighted by atomic mass is 10.2. The van der Waals surface area contributed by atoms with Crippen molar-refractivity contribution in [2.24, 2.45) is 0 Å². The number of fused-ring (bicyclic) bond motifs is 1. The topological polar surface area (TPSA) is 65.2 Å². The van der Waals surface area contributed by atoms with Crippen LogP contribution in [0.25, 0.3) is 10.9 Å². The summed E-state index contributed by atoms with van der Waals surface area (Å²) < 4.78 is 13.5. The zero-order valence-electron chi connectivity index (χ0n) is 10.7. The van der Waals surface area contributed by atoms with Crippen molar-refractivity contribution in [1.29, 1.82) is 0 Å². The summed E-state index contributed by atoms with van der Waals surface area (Å²) in [4.78, 5) is 27.4. The van der Waals surface area contributed by atoms with E-state index in [2.05, 4.69) is 10.3 Å². The minimum absolute atomic E-state index is 0.0936. The molecule has 100 valence electrons. The molecule has 0 aliphatic carbocycles. The van der Waals surface area contributed by atoms with E-state index in [1.165, 1.54) is 17.0 Å². The Bertz CT molecular complexity index is 634. The fourth-order valence-electron chi connectivity index (χ4n) is 1.65. The Morgan fingerprint density at radius 3 is 2.74 bits per heavy atom. The first-order valence-corrected chi connectivity index (χ1v) is 5.74. The molecular formula is C13H14FN3O2. The Labute approximate surface area is 109 Å². The highest BCUT2D eigenvalue weighted by molar-refractivity contribution is 5.99. The highest BCUT2D eigenvalue weighted by Gasteiger charge is 2.13. The maximum atomic E-state index is 13.5. The van der Waals surface area contributed by atoms with Crippen LogP contribution in [0.5, 0.6) is 0 Å². The van der Waals surface area contributed by atoms with Gasteiger partial charge in [-0.1, -0.05) is 6.07 Å². The number of aromatic amines is 1. The van der Waals surface area contributed by atoms with Crippen molar-refractivity contribution in [3.63, 3.8) is 0 Å². The summed E-state index contributed by atoms with van der Waals surface area (Å²) in [5.74, 6) is -1.04. The number of hydrogen-bond acceptors (Lipinski definition) is 2. The lowest BCUT2D eigenvalue weighted by Gasteiger charge is -2.10. The van der Waals surface area contributed by atoms with Crippen LogP contribution in [0.1, 0.15) is 10.5 Å². The molecule has 0 fully saturated rings. The molecule has 1 aromatic carbocycles. The van der Waals surface area contributed by atoms with Gasteiger partial charge in [0.15, 0.2) is 0 Å². The fourth-order valence-corrected chi connectivity index (χ4v) is 1.65. The van der Waals surface area contributed by atoms with E-state index in [1.54, 1.807) is 26.2 Å². The number of nitrogens with zero attached hydrogens (tertiary/aromatic N) is 1. The van der Waals surface area contributed by atoms with E-state index in [0.717, 1.165) is 0 Å². The third-order valence-electron chi connectivity index (χ3n) is 2.75. The van der Waals surface area contributed by atoms with E-state index in [-0.39, 0.29) is 18.1 Å². The number of H-pyrrole nitrogens is 1. The summed E-state index contributed by atoms with van der Waals surface area (Å²) in [6.45, 7) is -0.0936. The van der Waals surface area contributed by atoms with Crippen molar-refractivity contribution in [2.75, 3.05) is 20.6 Å². The quantitative estimate of drug-likeness (QED) is 0.871. The van der Waals surface area contributed by atoms with Crippen LogP contribution in [0, 0.1) is 5.82 Å². The molecule has 0 aliphatic rings. The number of nitrogens with one attached hydrogen (secondary N) is 2. The van der Waals surface area contributed by atoms with Crippen molar-refractivity contribution in [3.8, 4) is 0 Å². The second kappa shape index (κ2) is 5.09. The number of aromatic nitrogens is 1. The molecule has 0 radical (unpaired) electrons. The van der Waals surface area contributed by atoms with Crippen LogP contribution < -0.4 is 5.32 Å². The monoisotopic (exact) mass is 263 g/mol. The van der Waals surface area contributed by atoms with Crippen LogP contribution >= 0.6 is 0 Å². The van der Waals surface area contributed by atoms with Gasteiger partial charge in [0, 0.05) is 25.0 Å². The second-order valence-electron chi connectivity index (χ2n) is 4.35. The van der Waals surface area contributed by atoms with Crippen LogP contribution in [-0.4, -0.2) is 42.3 Å². The fraction of sp³-hybridized carbons (Fsp3) is 0.231. The standard InChI is InChI=1S/C13H14FN3O2/c1-17(2)12(18)7-15-13(19)11-6-8-9(14)4-3-5-10(8)16-11/h3-6,16H,7H2,1-2H3,(H,15,19). The van der Waals surface area contributed by atoms with Crippen molar-refractivity contribution < 1.29 is 14.0 Å². The van der Waals surface area contributed by atoms with Gasteiger partial charge in [0.05, 0.1) is 6.54 Å². The Hall–Kier alpha value is -2.37. The summed E-state index contributed by atoms with van der Waals surface area (Å²) in [5, 5.41) is 2.83. The molecule has 5 nitrogen and oxygen atoms in total. The second-order valence-corrected chi connectivity index (χ2v) is 4.35. The number of rotatable bonds is 3. The third kappa shape index (κ3) is 2.73. The van der Waals surface area contributed by atoms with Crippen molar-refractivity contribution >= 4 is 22.7 Å². The number of carbonyl (C=O) groups is 2. The summed E-state index contributed by atoms with van der Waals surface area (Å²) >= 11 is 0. The first kappa shape index (κ1) is 13.1. The van der Waals surface area contributed by atoms with Gasteiger partial charge in [0.25, 0.3) is 5.91 Å². The normalized spacial score (nSPS) is 10.5. The van der Waals surface area contributed by atoms with Gasteiger partial charge in [0.1, 0.15) is 11.5 Å². The van der Waals surface area contributed by atoms with Crippen LogP contribution in [-0.2, 0) is 4.79 Å². The first-order valence-electron chi connectivity index (χ1n) is 5.74. The van der Waals surface area contributed by atoms with Gasteiger partial charge in [0.2, 0.25) is 5.91 Å². The summed E-state index contributed by atoms with van der Waals surface area (Å²) in [5.41, 5.74) is 0.774. The number of amides is 2. The number of likely N-dealkylation sites (N-methyl/N-ethyl adjacent to an activating group) is 1. The molecule has 1 heterocycles. The summed E-state index contributed by atoms with van der Waals surface area (Å²) in [6, 6.07) is 6.00. The van der Waals surface area contributed by atoms with Gasteiger partial charge < -0.3 is 15.2 Å². The van der Waals surface area contributed by atoms with Crippen molar-refractivity contribution in [3.05, 3.63) is 35.8 Å². The molecule has 0 saturated carbocycles. The van der Waals surface area contributed by atoms with Crippen LogP contribution in [0.4, 0.5) is 4.39 Å². The van der Waals surface area contributed by atoms with E-state index in [4.69, 9.17) is 0 Å². The van der Waals surface area contributed by atoms with Crippen molar-refractivity contribution in [1.82, 2.24) is 15.2 Å². The van der Waals surface area contributed by atoms with Gasteiger partial charge in [-0.15, -0.1) is 0 Å². The average molecular weight is 263 g/mol. The number of carbonyl (C=O) groups excluding carboxylic acids is 2. The van der Waals surface area contributed by atoms with E-state index in [1.807, 2.05) is 0 Å². The number of hydrogen-bond donors (Lipinski definition) is 2. The predicted molar refractivity (Wildman–Crippen MR) is 69.3 cm³/mol. The Kier molecular flexibility index (Phi) is 3.50. The molecule has 2 aromatic rings. The van der Waals surface area contributed by atoms with Crippen LogP contribution in [0.2, 0.25) is 0 Å². The largest absolute Gasteiger partial charge is 0.350 e. The molecule has 1 aromatic heterocycles. The van der Waals surface area contributed by atoms with Gasteiger partial charge in [-0.2, -0.15) is 0 Å². The molecule has 0 unspecified atom stereocenters. The SMILES string of the molecule is CN(C)C(=O)CNC(=O)c1cc2c(F)cccc2[nH]1. The minimum Gasteiger partial charge on any atom is -0.350 e. The van der Waals surface area contributed by atoms with Gasteiger partial charge >= 0.3 is 0 Å². The van der Waals surface area contributed by atoms with Crippen molar-refractivity contribution in [2.45, 2.75) is 0 Å². The molecule has 2 rings (SSSR count). The molecule has 0 bridgehead atoms. The van der Waals surface area contributed by atoms with E-state index in [9.17, 15) is 14.0 Å². The van der Waals surface area contributed by atoms with Crippen LogP contribution in [0.3, 0.4) is 0 Å². The zero-order chi connectivity index (χ0) is 14.0. The maximum Gasteiger partial charge on any atom is 0.268 e. The van der Waals surface area contributed by atoms with Gasteiger partial charge in [-0.05, 0) is 18.2 Å². The smallest absolute Gasteiger partial charge is 0.268 e. The molecule has 0 spiro atoms. The lowest BCUT2D eigenvalue weighted by Crippen LogP contribution is -2.36. The highest BCUT2D eigenvalue weighted by atomic mass is 19.1. The summed E-state index contributed by atoms with van der Waals surface area (Å²) in [7, 11) is 3.21. The highest BCUT2D eigenvalue weighted by Crippen LogP contribution is 2.18. The Balaban J connectivity index is 2.14. The number of benzene rings is 1. The lowest BCUT2D eigenvalue weighted by molar-refractivity contribution is -0.127. The molecule has 6 heteroatoms. The Morgan fingerprint density at radius 2 is 2.11 bits per heavy atom. The van der Waals surface area contributed by atoms with E-state index >= 15 is 0 Å². The molecule has 0 atom stereocenters. The molecular weight excluding hydrogens is 249 g/mol. The van der Waals surface area contributed by atoms with E-state index in [0.29, 0.717) is 10.9 Å². The zero-order valence-corrected chi connectivity index (χ0v) is 10.7.